The highest BCUT2D eigenvalue weighted by Crippen LogP contribution is 2.44. The minimum absolute atomic E-state index is 0.00543. The fraction of sp³-hybridized carbons (Fsp3) is 0.276. The number of allylic oxidation sites excluding steroid dienone is 1. The first-order valence-electron chi connectivity index (χ1n) is 12.4. The zero-order chi connectivity index (χ0) is 27.0. The monoisotopic (exact) mass is 545 g/mol. The minimum atomic E-state index is -0.584. The second kappa shape index (κ2) is 10.6. The van der Waals surface area contributed by atoms with Gasteiger partial charge in [0.2, 0.25) is 0 Å². The van der Waals surface area contributed by atoms with Crippen LogP contribution in [0.2, 0.25) is 10.0 Å². The maximum atomic E-state index is 13.7. The standard InChI is InChI=1S/C29H25Cl2N5O2/c1-17-18(2)33-35(29(38)25(17)15-32)16-26(37)36-28(20-8-12-23(31)13-9-20)24-5-3-4-21(27(24)34-36)14-19-6-10-22(30)11-7-19/h6-14,24,28H,3-5,16H2,1-2H3/b21-14+. The Labute approximate surface area is 230 Å². The summed E-state index contributed by atoms with van der Waals surface area (Å²) in [6.45, 7) is 3.07. The predicted molar refractivity (Wildman–Crippen MR) is 148 cm³/mol. The lowest BCUT2D eigenvalue weighted by Gasteiger charge is -2.29. The first-order chi connectivity index (χ1) is 18.3. The molecule has 2 atom stereocenters. The highest BCUT2D eigenvalue weighted by atomic mass is 35.5. The number of benzene rings is 2. The number of carbonyl (C=O) groups excluding carboxylic acids is 1. The third-order valence-electron chi connectivity index (χ3n) is 7.21. The molecule has 0 saturated heterocycles. The van der Waals surface area contributed by atoms with Crippen LogP contribution >= 0.6 is 23.2 Å². The number of hydrogen-bond donors (Lipinski definition) is 0. The Bertz CT molecular complexity index is 1570. The van der Waals surface area contributed by atoms with Crippen molar-refractivity contribution in [1.82, 2.24) is 14.8 Å². The number of rotatable bonds is 4. The second-order valence-corrected chi connectivity index (χ2v) is 10.5. The van der Waals surface area contributed by atoms with Gasteiger partial charge >= 0.3 is 0 Å². The number of aryl methyl sites for hydroxylation is 1. The third kappa shape index (κ3) is 4.90. The number of nitriles is 1. The maximum absolute atomic E-state index is 13.7. The summed E-state index contributed by atoms with van der Waals surface area (Å²) in [4.78, 5) is 26.6. The Hall–Kier alpha value is -3.73. The van der Waals surface area contributed by atoms with Crippen LogP contribution in [0.15, 0.2) is 64.0 Å². The van der Waals surface area contributed by atoms with Crippen LogP contribution in [0.25, 0.3) is 6.08 Å². The molecule has 1 aliphatic heterocycles. The molecule has 1 fully saturated rings. The van der Waals surface area contributed by atoms with E-state index in [0.29, 0.717) is 21.3 Å². The number of carbonyl (C=O) groups is 1. The number of nitrogens with zero attached hydrogens (tertiary/aromatic N) is 5. The fourth-order valence-corrected chi connectivity index (χ4v) is 5.42. The van der Waals surface area contributed by atoms with Gasteiger partial charge in [0.25, 0.3) is 11.5 Å². The molecule has 192 valence electrons. The van der Waals surface area contributed by atoms with Crippen LogP contribution in [0.4, 0.5) is 0 Å². The van der Waals surface area contributed by atoms with Crippen LogP contribution in [0, 0.1) is 31.1 Å². The summed E-state index contributed by atoms with van der Waals surface area (Å²) >= 11 is 12.2. The van der Waals surface area contributed by atoms with Gasteiger partial charge in [-0.15, -0.1) is 0 Å². The summed E-state index contributed by atoms with van der Waals surface area (Å²) in [7, 11) is 0. The molecule has 7 nitrogen and oxygen atoms in total. The Kier molecular flexibility index (Phi) is 7.20. The van der Waals surface area contributed by atoms with E-state index in [2.05, 4.69) is 11.2 Å². The molecule has 0 N–H and O–H groups in total. The maximum Gasteiger partial charge on any atom is 0.285 e. The number of aromatic nitrogens is 2. The molecule has 1 aliphatic carbocycles. The second-order valence-electron chi connectivity index (χ2n) is 9.60. The van der Waals surface area contributed by atoms with E-state index >= 15 is 0 Å². The molecule has 2 aromatic carbocycles. The molecule has 0 spiro atoms. The average Bonchev–Trinajstić information content (AvgIpc) is 3.30. The van der Waals surface area contributed by atoms with E-state index in [1.165, 1.54) is 5.01 Å². The topological polar surface area (TPSA) is 91.3 Å². The molecular weight excluding hydrogens is 521 g/mol. The van der Waals surface area contributed by atoms with Gasteiger partial charge in [0.15, 0.2) is 0 Å². The largest absolute Gasteiger partial charge is 0.285 e. The number of amides is 1. The Morgan fingerprint density at radius 1 is 1.11 bits per heavy atom. The van der Waals surface area contributed by atoms with Gasteiger partial charge in [-0.25, -0.2) is 9.69 Å². The van der Waals surface area contributed by atoms with Crippen LogP contribution < -0.4 is 5.56 Å². The van der Waals surface area contributed by atoms with Crippen molar-refractivity contribution in [2.45, 2.75) is 45.7 Å². The summed E-state index contributed by atoms with van der Waals surface area (Å²) in [6.07, 6.45) is 4.77. The van der Waals surface area contributed by atoms with E-state index in [1.807, 2.05) is 42.5 Å². The van der Waals surface area contributed by atoms with E-state index in [-0.39, 0.29) is 30.0 Å². The lowest BCUT2D eigenvalue weighted by atomic mass is 9.77. The van der Waals surface area contributed by atoms with Gasteiger partial charge in [0.1, 0.15) is 18.2 Å². The van der Waals surface area contributed by atoms with Gasteiger partial charge in [-0.3, -0.25) is 9.59 Å². The first kappa shape index (κ1) is 25.9. The summed E-state index contributed by atoms with van der Waals surface area (Å²) in [5.41, 5.74) is 4.33. The van der Waals surface area contributed by atoms with Gasteiger partial charge in [0.05, 0.1) is 17.4 Å². The van der Waals surface area contributed by atoms with Crippen molar-refractivity contribution in [2.75, 3.05) is 0 Å². The lowest BCUT2D eigenvalue weighted by molar-refractivity contribution is -0.134. The average molecular weight is 546 g/mol. The highest BCUT2D eigenvalue weighted by Gasteiger charge is 2.43. The van der Waals surface area contributed by atoms with Crippen LogP contribution in [0.3, 0.4) is 0 Å². The molecule has 3 aromatic rings. The van der Waals surface area contributed by atoms with Gasteiger partial charge < -0.3 is 0 Å². The van der Waals surface area contributed by atoms with Gasteiger partial charge in [-0.2, -0.15) is 15.5 Å². The first-order valence-corrected chi connectivity index (χ1v) is 13.1. The SMILES string of the molecule is Cc1nn(CC(=O)N2N=C3/C(=C/c4ccc(Cl)cc4)CCCC3C2c2ccc(Cl)cc2)c(=O)c(C#N)c1C. The third-order valence-corrected chi connectivity index (χ3v) is 7.72. The minimum Gasteiger partial charge on any atom is -0.271 e. The van der Waals surface area contributed by atoms with E-state index < -0.39 is 5.56 Å². The number of hydrogen-bond acceptors (Lipinski definition) is 5. The van der Waals surface area contributed by atoms with Crippen LogP contribution in [-0.4, -0.2) is 26.4 Å². The van der Waals surface area contributed by atoms with Crippen molar-refractivity contribution >= 4 is 40.9 Å². The lowest BCUT2D eigenvalue weighted by Crippen LogP contribution is -2.38. The van der Waals surface area contributed by atoms with Crippen molar-refractivity contribution in [2.24, 2.45) is 11.0 Å². The molecule has 1 saturated carbocycles. The van der Waals surface area contributed by atoms with Crippen molar-refractivity contribution in [1.29, 1.82) is 5.26 Å². The number of hydrazone groups is 1. The van der Waals surface area contributed by atoms with Crippen LogP contribution in [-0.2, 0) is 11.3 Å². The molecule has 38 heavy (non-hydrogen) atoms. The highest BCUT2D eigenvalue weighted by molar-refractivity contribution is 6.30. The molecule has 1 aromatic heterocycles. The molecule has 2 unspecified atom stereocenters. The Balaban J connectivity index is 1.55. The summed E-state index contributed by atoms with van der Waals surface area (Å²) in [5.74, 6) is -0.383. The molecule has 0 bridgehead atoms. The van der Waals surface area contributed by atoms with Gasteiger partial charge in [-0.1, -0.05) is 47.5 Å². The number of fused-ring (bicyclic) bond motifs is 1. The van der Waals surface area contributed by atoms with Crippen molar-refractivity contribution in [3.05, 3.63) is 102 Å². The molecular formula is C29H25Cl2N5O2. The zero-order valence-electron chi connectivity index (χ0n) is 21.0. The van der Waals surface area contributed by atoms with Crippen molar-refractivity contribution in [3.63, 3.8) is 0 Å². The van der Waals surface area contributed by atoms with Crippen LogP contribution in [0.5, 0.6) is 0 Å². The van der Waals surface area contributed by atoms with Crippen LogP contribution in [0.1, 0.15) is 53.3 Å². The predicted octanol–water partition coefficient (Wildman–Crippen LogP) is 5.86. The smallest absolute Gasteiger partial charge is 0.271 e. The molecule has 5 rings (SSSR count). The zero-order valence-corrected chi connectivity index (χ0v) is 22.5. The molecule has 2 aliphatic rings. The summed E-state index contributed by atoms with van der Waals surface area (Å²) in [5, 5.41) is 21.4. The Morgan fingerprint density at radius 3 is 2.42 bits per heavy atom. The molecule has 2 heterocycles. The van der Waals surface area contributed by atoms with E-state index in [9.17, 15) is 14.9 Å². The quantitative estimate of drug-likeness (QED) is 0.410. The van der Waals surface area contributed by atoms with Gasteiger partial charge in [0, 0.05) is 16.0 Å². The molecule has 1 amide bonds. The molecule has 9 heteroatoms. The van der Waals surface area contributed by atoms with Crippen molar-refractivity contribution < 1.29 is 4.79 Å². The number of halogens is 2. The fourth-order valence-electron chi connectivity index (χ4n) is 5.17. The summed E-state index contributed by atoms with van der Waals surface area (Å²) < 4.78 is 1.06. The summed E-state index contributed by atoms with van der Waals surface area (Å²) in [6, 6.07) is 16.6. The van der Waals surface area contributed by atoms with Gasteiger partial charge in [-0.05, 0) is 85.7 Å². The Morgan fingerprint density at radius 2 is 1.76 bits per heavy atom. The molecule has 0 radical (unpaired) electrons. The van der Waals surface area contributed by atoms with E-state index in [1.54, 1.807) is 26.0 Å². The normalized spacial score (nSPS) is 19.7. The van der Waals surface area contributed by atoms with E-state index in [0.717, 1.165) is 46.4 Å². The van der Waals surface area contributed by atoms with E-state index in [4.69, 9.17) is 28.3 Å². The van der Waals surface area contributed by atoms with Crippen molar-refractivity contribution in [3.8, 4) is 6.07 Å².